The highest BCUT2D eigenvalue weighted by Crippen LogP contribution is 2.33. The molecule has 80 valence electrons. The molecule has 2 rings (SSSR count). The van der Waals surface area contributed by atoms with Gasteiger partial charge in [-0.3, -0.25) is 0 Å². The van der Waals surface area contributed by atoms with E-state index in [0.717, 1.165) is 5.92 Å². The molecule has 2 aliphatic carbocycles. The largest absolute Gasteiger partial charge is 0.324 e. The van der Waals surface area contributed by atoms with Crippen molar-refractivity contribution in [2.24, 2.45) is 11.7 Å². The quantitative estimate of drug-likeness (QED) is 0.668. The van der Waals surface area contributed by atoms with Crippen LogP contribution in [0.15, 0.2) is 11.6 Å². The molecule has 1 unspecified atom stereocenters. The molecule has 0 bridgehead atoms. The average Bonchev–Trinajstić information content (AvgIpc) is 1.99. The van der Waals surface area contributed by atoms with Crippen molar-refractivity contribution in [1.82, 2.24) is 0 Å². The summed E-state index contributed by atoms with van der Waals surface area (Å²) in [5.74, 6) is 0.820. The van der Waals surface area contributed by atoms with Crippen molar-refractivity contribution in [2.75, 3.05) is 0 Å². The van der Waals surface area contributed by atoms with Crippen LogP contribution in [-0.2, 0) is 0 Å². The van der Waals surface area contributed by atoms with E-state index in [2.05, 4.69) is 6.08 Å². The number of hydrogen-bond acceptors (Lipinski definition) is 1. The molecule has 0 spiro atoms. The summed E-state index contributed by atoms with van der Waals surface area (Å²) in [6, 6.07) is 0.404. The minimum Gasteiger partial charge on any atom is -0.324 e. The maximum Gasteiger partial charge on any atom is 0.0282 e. The van der Waals surface area contributed by atoms with Gasteiger partial charge in [-0.2, -0.15) is 0 Å². The Morgan fingerprint density at radius 1 is 1.07 bits per heavy atom. The molecule has 1 nitrogen and oxygen atoms in total. The molecule has 0 radical (unpaired) electrons. The number of nitrogens with two attached hydrogens (primary N) is 1. The highest BCUT2D eigenvalue weighted by atomic mass is 14.7. The Labute approximate surface area is 87.8 Å². The van der Waals surface area contributed by atoms with E-state index in [1.807, 2.05) is 0 Å². The van der Waals surface area contributed by atoms with Gasteiger partial charge in [0, 0.05) is 6.04 Å². The fourth-order valence-corrected chi connectivity index (χ4v) is 2.62. The van der Waals surface area contributed by atoms with Gasteiger partial charge in [-0.05, 0) is 44.4 Å². The molecule has 0 aromatic heterocycles. The van der Waals surface area contributed by atoms with Gasteiger partial charge in [0.25, 0.3) is 0 Å². The molecular formula is C13H23N. The Morgan fingerprint density at radius 3 is 2.57 bits per heavy atom. The predicted octanol–water partition coefficient (Wildman–Crippen LogP) is 3.39. The van der Waals surface area contributed by atoms with Gasteiger partial charge < -0.3 is 5.73 Å². The van der Waals surface area contributed by atoms with E-state index >= 15 is 0 Å². The van der Waals surface area contributed by atoms with E-state index in [1.54, 1.807) is 5.57 Å². The Morgan fingerprint density at radius 2 is 1.86 bits per heavy atom. The molecule has 1 fully saturated rings. The maximum absolute atomic E-state index is 6.31. The van der Waals surface area contributed by atoms with E-state index < -0.39 is 0 Å². The molecule has 0 amide bonds. The Bertz CT molecular complexity index is 203. The summed E-state index contributed by atoms with van der Waals surface area (Å²) in [7, 11) is 0. The van der Waals surface area contributed by atoms with Gasteiger partial charge in [0.15, 0.2) is 0 Å². The van der Waals surface area contributed by atoms with Gasteiger partial charge in [0.1, 0.15) is 0 Å². The van der Waals surface area contributed by atoms with Crippen LogP contribution in [0.4, 0.5) is 0 Å². The van der Waals surface area contributed by atoms with Crippen LogP contribution in [0.2, 0.25) is 0 Å². The number of allylic oxidation sites excluding steroid dienone is 1. The standard InChI is InChI=1S/C13H23N/c14-13(12-9-6-10-12)11-7-4-2-1-3-5-8-11/h7,12-13H,1-6,8-10,14H2. The first-order chi connectivity index (χ1) is 6.88. The minimum atomic E-state index is 0.404. The molecule has 1 heteroatoms. The lowest BCUT2D eigenvalue weighted by atomic mass is 9.76. The topological polar surface area (TPSA) is 26.0 Å². The van der Waals surface area contributed by atoms with Crippen LogP contribution in [0.5, 0.6) is 0 Å². The van der Waals surface area contributed by atoms with Crippen LogP contribution in [0.3, 0.4) is 0 Å². The Balaban J connectivity index is 1.91. The first-order valence-electron chi connectivity index (χ1n) is 6.32. The van der Waals surface area contributed by atoms with Crippen molar-refractivity contribution < 1.29 is 0 Å². The van der Waals surface area contributed by atoms with E-state index in [9.17, 15) is 0 Å². The lowest BCUT2D eigenvalue weighted by Crippen LogP contribution is -2.36. The van der Waals surface area contributed by atoms with Gasteiger partial charge in [-0.25, -0.2) is 0 Å². The van der Waals surface area contributed by atoms with Crippen molar-refractivity contribution >= 4 is 0 Å². The monoisotopic (exact) mass is 193 g/mol. The SMILES string of the molecule is NC(C1=CCCCCCC1)C1CCC1. The lowest BCUT2D eigenvalue weighted by Gasteiger charge is -2.33. The average molecular weight is 193 g/mol. The molecular weight excluding hydrogens is 170 g/mol. The molecule has 14 heavy (non-hydrogen) atoms. The zero-order valence-electron chi connectivity index (χ0n) is 9.17. The van der Waals surface area contributed by atoms with Gasteiger partial charge in [0.2, 0.25) is 0 Å². The fraction of sp³-hybridized carbons (Fsp3) is 0.846. The van der Waals surface area contributed by atoms with Crippen molar-refractivity contribution in [3.05, 3.63) is 11.6 Å². The van der Waals surface area contributed by atoms with Crippen LogP contribution >= 0.6 is 0 Å². The van der Waals surface area contributed by atoms with Gasteiger partial charge in [0.05, 0.1) is 0 Å². The Hall–Kier alpha value is -0.300. The second kappa shape index (κ2) is 4.97. The molecule has 0 heterocycles. The van der Waals surface area contributed by atoms with E-state index in [-0.39, 0.29) is 0 Å². The fourth-order valence-electron chi connectivity index (χ4n) is 2.62. The van der Waals surface area contributed by atoms with Crippen LogP contribution in [0, 0.1) is 5.92 Å². The predicted molar refractivity (Wildman–Crippen MR) is 61.1 cm³/mol. The van der Waals surface area contributed by atoms with Gasteiger partial charge >= 0.3 is 0 Å². The zero-order valence-corrected chi connectivity index (χ0v) is 9.17. The number of hydrogen-bond donors (Lipinski definition) is 1. The summed E-state index contributed by atoms with van der Waals surface area (Å²) in [6.45, 7) is 0. The summed E-state index contributed by atoms with van der Waals surface area (Å²) in [4.78, 5) is 0. The molecule has 1 atom stereocenters. The third-order valence-electron chi connectivity index (χ3n) is 3.91. The molecule has 1 saturated carbocycles. The summed E-state index contributed by atoms with van der Waals surface area (Å²) >= 11 is 0. The molecule has 0 aromatic rings. The maximum atomic E-state index is 6.31. The van der Waals surface area contributed by atoms with Crippen LogP contribution in [0.1, 0.15) is 57.8 Å². The summed E-state index contributed by atoms with van der Waals surface area (Å²) in [6.07, 6.45) is 14.7. The van der Waals surface area contributed by atoms with Crippen molar-refractivity contribution in [1.29, 1.82) is 0 Å². The smallest absolute Gasteiger partial charge is 0.0282 e. The third-order valence-corrected chi connectivity index (χ3v) is 3.91. The molecule has 0 aromatic carbocycles. The van der Waals surface area contributed by atoms with Crippen molar-refractivity contribution in [2.45, 2.75) is 63.8 Å². The lowest BCUT2D eigenvalue weighted by molar-refractivity contribution is 0.277. The highest BCUT2D eigenvalue weighted by Gasteiger charge is 2.26. The summed E-state index contributed by atoms with van der Waals surface area (Å²) in [5.41, 5.74) is 7.88. The van der Waals surface area contributed by atoms with Gasteiger partial charge in [-0.1, -0.05) is 30.9 Å². The normalized spacial score (nSPS) is 27.1. The second-order valence-electron chi connectivity index (χ2n) is 4.95. The zero-order chi connectivity index (χ0) is 9.80. The van der Waals surface area contributed by atoms with Gasteiger partial charge in [-0.15, -0.1) is 0 Å². The first-order valence-corrected chi connectivity index (χ1v) is 6.32. The van der Waals surface area contributed by atoms with Crippen molar-refractivity contribution in [3.8, 4) is 0 Å². The highest BCUT2D eigenvalue weighted by molar-refractivity contribution is 5.13. The van der Waals surface area contributed by atoms with Crippen LogP contribution in [0.25, 0.3) is 0 Å². The Kier molecular flexibility index (Phi) is 3.63. The molecule has 2 aliphatic rings. The first kappa shape index (κ1) is 10.2. The minimum absolute atomic E-state index is 0.404. The van der Waals surface area contributed by atoms with E-state index in [1.165, 1.54) is 57.8 Å². The van der Waals surface area contributed by atoms with Crippen molar-refractivity contribution in [3.63, 3.8) is 0 Å². The number of rotatable bonds is 2. The van der Waals surface area contributed by atoms with E-state index in [4.69, 9.17) is 5.73 Å². The summed E-state index contributed by atoms with van der Waals surface area (Å²) in [5, 5.41) is 0. The van der Waals surface area contributed by atoms with E-state index in [0.29, 0.717) is 6.04 Å². The third kappa shape index (κ3) is 2.38. The van der Waals surface area contributed by atoms with Crippen LogP contribution < -0.4 is 5.73 Å². The summed E-state index contributed by atoms with van der Waals surface area (Å²) < 4.78 is 0. The van der Waals surface area contributed by atoms with Crippen LogP contribution in [-0.4, -0.2) is 6.04 Å². The second-order valence-corrected chi connectivity index (χ2v) is 4.95. The molecule has 0 saturated heterocycles. The molecule has 2 N–H and O–H groups in total. The molecule has 0 aliphatic heterocycles.